The number of ether oxygens (including phenoxy) is 3. The minimum atomic E-state index is -3.29. The van der Waals surface area contributed by atoms with Crippen LogP contribution in [-0.4, -0.2) is 42.3 Å². The van der Waals surface area contributed by atoms with E-state index >= 15 is 8.78 Å². The van der Waals surface area contributed by atoms with Crippen LogP contribution in [0.4, 0.5) is 8.78 Å². The molecule has 0 radical (unpaired) electrons. The number of aromatic nitrogens is 1. The van der Waals surface area contributed by atoms with Crippen molar-refractivity contribution in [2.45, 2.75) is 36.3 Å². The highest BCUT2D eigenvalue weighted by Crippen LogP contribution is 2.56. The number of alkyl halides is 2. The molecule has 158 valence electrons. The summed E-state index contributed by atoms with van der Waals surface area (Å²) in [4.78, 5) is 8.30. The Bertz CT molecular complexity index is 1030. The highest BCUT2D eigenvalue weighted by molar-refractivity contribution is 6.30. The fraction of sp³-hybridized carbons (Fsp3) is 0.429. The Balaban J connectivity index is 1.71. The zero-order chi connectivity index (χ0) is 21.0. The fourth-order valence-corrected chi connectivity index (χ4v) is 4.76. The summed E-state index contributed by atoms with van der Waals surface area (Å²) >= 11 is 6.07. The number of pyridine rings is 1. The zero-order valence-corrected chi connectivity index (χ0v) is 16.8. The number of fused-ring (bicyclic) bond motifs is 2. The molecular formula is C21H20ClF2N3O3. The summed E-state index contributed by atoms with van der Waals surface area (Å²) in [7, 11) is 0. The lowest BCUT2D eigenvalue weighted by Crippen LogP contribution is -2.61. The van der Waals surface area contributed by atoms with E-state index in [1.165, 1.54) is 6.20 Å². The second-order valence-electron chi connectivity index (χ2n) is 8.02. The summed E-state index contributed by atoms with van der Waals surface area (Å²) < 4.78 is 47.8. The molecule has 30 heavy (non-hydrogen) atoms. The van der Waals surface area contributed by atoms with Gasteiger partial charge in [-0.2, -0.15) is 8.78 Å². The fourth-order valence-electron chi connectivity index (χ4n) is 4.58. The van der Waals surface area contributed by atoms with Crippen LogP contribution in [0.15, 0.2) is 41.7 Å². The quantitative estimate of drug-likeness (QED) is 0.734. The van der Waals surface area contributed by atoms with Gasteiger partial charge in [0.15, 0.2) is 12.1 Å². The number of nitrogens with two attached hydrogens (primary N) is 1. The lowest BCUT2D eigenvalue weighted by atomic mass is 9.70. The van der Waals surface area contributed by atoms with E-state index in [4.69, 9.17) is 31.5 Å². The molecule has 5 rings (SSSR count). The predicted molar refractivity (Wildman–Crippen MR) is 107 cm³/mol. The lowest BCUT2D eigenvalue weighted by molar-refractivity contribution is -0.170. The number of rotatable bonds is 1. The maximum absolute atomic E-state index is 15.5. The van der Waals surface area contributed by atoms with Crippen LogP contribution >= 0.6 is 11.6 Å². The van der Waals surface area contributed by atoms with Crippen LogP contribution in [0.1, 0.15) is 24.8 Å². The Labute approximate surface area is 177 Å². The third-order valence-electron chi connectivity index (χ3n) is 5.96. The van der Waals surface area contributed by atoms with Crippen molar-refractivity contribution < 1.29 is 23.0 Å². The summed E-state index contributed by atoms with van der Waals surface area (Å²) in [6.07, 6.45) is 4.40. The normalized spacial score (nSPS) is 29.6. The van der Waals surface area contributed by atoms with Crippen molar-refractivity contribution in [1.82, 2.24) is 4.98 Å². The summed E-state index contributed by atoms with van der Waals surface area (Å²) in [5.41, 5.74) is 4.65. The van der Waals surface area contributed by atoms with E-state index in [2.05, 4.69) is 9.98 Å². The average Bonchev–Trinajstić information content (AvgIpc) is 2.72. The number of benzene rings is 1. The first-order chi connectivity index (χ1) is 14.3. The first kappa shape index (κ1) is 19.5. The van der Waals surface area contributed by atoms with E-state index in [0.29, 0.717) is 34.9 Å². The average molecular weight is 436 g/mol. The highest BCUT2D eigenvalue weighted by Gasteiger charge is 2.65. The van der Waals surface area contributed by atoms with Gasteiger partial charge in [0.2, 0.25) is 0 Å². The summed E-state index contributed by atoms with van der Waals surface area (Å²) in [6.45, 7) is -0.0429. The van der Waals surface area contributed by atoms with Crippen LogP contribution in [0.2, 0.25) is 5.02 Å². The number of amidine groups is 1. The first-order valence-electron chi connectivity index (χ1n) is 9.71. The molecule has 0 saturated carbocycles. The SMILES string of the molecule is NC1=NC2(CC3(CCCOC3)Oc3ccc(-c4cncc(Cl)c4)cc32)C(F)(F)CO1. The predicted octanol–water partition coefficient (Wildman–Crippen LogP) is 3.91. The molecule has 2 unspecified atom stereocenters. The molecular weight excluding hydrogens is 416 g/mol. The molecule has 3 aliphatic rings. The molecule has 1 aromatic heterocycles. The van der Waals surface area contributed by atoms with Crippen LogP contribution in [0.25, 0.3) is 11.1 Å². The van der Waals surface area contributed by atoms with E-state index in [-0.39, 0.29) is 24.6 Å². The standard InChI is InChI=1S/C21H20ClF2N3O3/c22-15-6-14(8-26-9-15)13-2-3-17-16(7-13)20(21(23,24)12-29-18(25)27-20)10-19(30-17)4-1-5-28-11-19/h2-3,6-9H,1,4-5,10-12H2,(H2,25,27). The van der Waals surface area contributed by atoms with Crippen LogP contribution in [0.3, 0.4) is 0 Å². The van der Waals surface area contributed by atoms with Gasteiger partial charge in [-0.3, -0.25) is 4.98 Å². The molecule has 1 aromatic carbocycles. The molecule has 9 heteroatoms. The Morgan fingerprint density at radius 2 is 1.97 bits per heavy atom. The molecule has 0 amide bonds. The molecule has 2 atom stereocenters. The topological polar surface area (TPSA) is 79.0 Å². The van der Waals surface area contributed by atoms with Crippen LogP contribution in [-0.2, 0) is 15.0 Å². The smallest absolute Gasteiger partial charge is 0.310 e. The van der Waals surface area contributed by atoms with Gasteiger partial charge in [0.05, 0.1) is 11.6 Å². The second-order valence-corrected chi connectivity index (χ2v) is 8.46. The lowest BCUT2D eigenvalue weighted by Gasteiger charge is -2.51. The van der Waals surface area contributed by atoms with Crippen LogP contribution in [0, 0.1) is 0 Å². The Morgan fingerprint density at radius 1 is 1.10 bits per heavy atom. The van der Waals surface area contributed by atoms with Gasteiger partial charge in [-0.25, -0.2) is 4.99 Å². The Morgan fingerprint density at radius 3 is 2.73 bits per heavy atom. The maximum atomic E-state index is 15.5. The summed E-state index contributed by atoms with van der Waals surface area (Å²) in [6, 6.07) is 6.63. The van der Waals surface area contributed by atoms with Crippen LogP contribution in [0.5, 0.6) is 5.75 Å². The number of hydrogen-bond acceptors (Lipinski definition) is 6. The second kappa shape index (κ2) is 6.78. The van der Waals surface area contributed by atoms with Gasteiger partial charge in [-0.1, -0.05) is 17.7 Å². The third-order valence-corrected chi connectivity index (χ3v) is 6.17. The molecule has 1 saturated heterocycles. The summed E-state index contributed by atoms with van der Waals surface area (Å²) in [5.74, 6) is -2.94. The van der Waals surface area contributed by atoms with E-state index in [1.54, 1.807) is 30.5 Å². The minimum absolute atomic E-state index is 0.0543. The van der Waals surface area contributed by atoms with Crippen molar-refractivity contribution in [2.24, 2.45) is 10.7 Å². The molecule has 3 aliphatic heterocycles. The van der Waals surface area contributed by atoms with Crippen molar-refractivity contribution in [3.8, 4) is 16.9 Å². The summed E-state index contributed by atoms with van der Waals surface area (Å²) in [5, 5.41) is 0.452. The number of halogens is 3. The van der Waals surface area contributed by atoms with Crippen molar-refractivity contribution >= 4 is 17.6 Å². The number of nitrogens with zero attached hydrogens (tertiary/aromatic N) is 2. The number of hydrogen-bond donors (Lipinski definition) is 1. The van der Waals surface area contributed by atoms with Gasteiger partial charge in [-0.15, -0.1) is 0 Å². The molecule has 2 spiro atoms. The highest BCUT2D eigenvalue weighted by atomic mass is 35.5. The maximum Gasteiger partial charge on any atom is 0.310 e. The molecule has 1 fully saturated rings. The molecule has 6 nitrogen and oxygen atoms in total. The number of aliphatic imine (C=N–C) groups is 1. The van der Waals surface area contributed by atoms with Crippen molar-refractivity contribution in [2.75, 3.05) is 19.8 Å². The van der Waals surface area contributed by atoms with Crippen molar-refractivity contribution in [3.05, 3.63) is 47.2 Å². The van der Waals surface area contributed by atoms with Gasteiger partial charge in [0.25, 0.3) is 6.02 Å². The molecule has 4 heterocycles. The van der Waals surface area contributed by atoms with E-state index in [9.17, 15) is 0 Å². The van der Waals surface area contributed by atoms with Gasteiger partial charge in [-0.05, 0) is 36.6 Å². The van der Waals surface area contributed by atoms with Crippen molar-refractivity contribution in [3.63, 3.8) is 0 Å². The van der Waals surface area contributed by atoms with Gasteiger partial charge >= 0.3 is 5.92 Å². The van der Waals surface area contributed by atoms with Gasteiger partial charge < -0.3 is 19.9 Å². The van der Waals surface area contributed by atoms with Crippen LogP contribution < -0.4 is 10.5 Å². The van der Waals surface area contributed by atoms with E-state index in [0.717, 1.165) is 6.42 Å². The first-order valence-corrected chi connectivity index (χ1v) is 10.1. The molecule has 2 N–H and O–H groups in total. The molecule has 2 aromatic rings. The van der Waals surface area contributed by atoms with Gasteiger partial charge in [0.1, 0.15) is 11.4 Å². The largest absolute Gasteiger partial charge is 0.484 e. The third kappa shape index (κ3) is 3.01. The Kier molecular flexibility index (Phi) is 4.41. The van der Waals surface area contributed by atoms with Crippen molar-refractivity contribution in [1.29, 1.82) is 0 Å². The van der Waals surface area contributed by atoms with E-state index in [1.807, 2.05) is 0 Å². The van der Waals surface area contributed by atoms with E-state index < -0.39 is 23.7 Å². The minimum Gasteiger partial charge on any atom is -0.484 e. The Hall–Kier alpha value is -2.45. The van der Waals surface area contributed by atoms with Gasteiger partial charge in [0, 0.05) is 36.5 Å². The molecule has 0 bridgehead atoms. The molecule has 0 aliphatic carbocycles. The monoisotopic (exact) mass is 435 g/mol. The zero-order valence-electron chi connectivity index (χ0n) is 16.0.